The molecule has 0 radical (unpaired) electrons. The lowest BCUT2D eigenvalue weighted by atomic mass is 10.1. The van der Waals surface area contributed by atoms with E-state index in [4.69, 9.17) is 16.1 Å². The molecule has 0 unspecified atom stereocenters. The lowest BCUT2D eigenvalue weighted by Crippen LogP contribution is -2.13. The summed E-state index contributed by atoms with van der Waals surface area (Å²) < 4.78 is 5.29. The van der Waals surface area contributed by atoms with Crippen LogP contribution in [0.5, 0.6) is 0 Å². The highest BCUT2D eigenvalue weighted by atomic mass is 35.5. The van der Waals surface area contributed by atoms with Crippen LogP contribution < -0.4 is 5.32 Å². The van der Waals surface area contributed by atoms with Crippen molar-refractivity contribution in [1.29, 1.82) is 0 Å². The van der Waals surface area contributed by atoms with E-state index < -0.39 is 0 Å². The quantitative estimate of drug-likeness (QED) is 0.826. The van der Waals surface area contributed by atoms with Gasteiger partial charge in [-0.3, -0.25) is 0 Å². The molecule has 0 aliphatic heterocycles. The third kappa shape index (κ3) is 3.08. The summed E-state index contributed by atoms with van der Waals surface area (Å²) in [4.78, 5) is 0. The van der Waals surface area contributed by atoms with Crippen LogP contribution in [0.1, 0.15) is 18.9 Å². The van der Waals surface area contributed by atoms with Crippen LogP contribution in [0, 0.1) is 0 Å². The average molecular weight is 251 g/mol. The molecular weight excluding hydrogens is 236 g/mol. The number of halogens is 1. The summed E-state index contributed by atoms with van der Waals surface area (Å²) in [6.07, 6.45) is 2.87. The summed E-state index contributed by atoms with van der Waals surface area (Å²) >= 11 is 5.86. The van der Waals surface area contributed by atoms with Crippen molar-refractivity contribution in [3.63, 3.8) is 0 Å². The van der Waals surface area contributed by atoms with Crippen molar-refractivity contribution in [2.24, 2.45) is 0 Å². The van der Waals surface area contributed by atoms with E-state index in [9.17, 15) is 0 Å². The standard InChI is InChI=1S/C13H15ClN2O/c1-2-7-15-8-11-9-16-17-13(11)10-3-5-12(14)6-4-10/h3-6,9,15H,2,7-8H2,1H3. The molecule has 0 aliphatic rings. The fourth-order valence-corrected chi connectivity index (χ4v) is 1.75. The van der Waals surface area contributed by atoms with Crippen LogP contribution >= 0.6 is 11.6 Å². The van der Waals surface area contributed by atoms with Gasteiger partial charge >= 0.3 is 0 Å². The van der Waals surface area contributed by atoms with Crippen molar-refractivity contribution in [2.45, 2.75) is 19.9 Å². The summed E-state index contributed by atoms with van der Waals surface area (Å²) in [5.74, 6) is 0.810. The summed E-state index contributed by atoms with van der Waals surface area (Å²) in [5.41, 5.74) is 2.07. The largest absolute Gasteiger partial charge is 0.356 e. The zero-order valence-electron chi connectivity index (χ0n) is 9.74. The van der Waals surface area contributed by atoms with Crippen molar-refractivity contribution in [2.75, 3.05) is 6.54 Å². The average Bonchev–Trinajstić information content (AvgIpc) is 2.79. The van der Waals surface area contributed by atoms with Crippen LogP contribution in [0.15, 0.2) is 35.0 Å². The zero-order chi connectivity index (χ0) is 12.1. The predicted molar refractivity (Wildman–Crippen MR) is 68.9 cm³/mol. The summed E-state index contributed by atoms with van der Waals surface area (Å²) in [7, 11) is 0. The molecule has 0 amide bonds. The Morgan fingerprint density at radius 2 is 2.06 bits per heavy atom. The maximum atomic E-state index is 5.86. The Morgan fingerprint density at radius 3 is 2.76 bits per heavy atom. The molecule has 1 aromatic heterocycles. The Bertz CT molecular complexity index is 465. The van der Waals surface area contributed by atoms with Gasteiger partial charge in [-0.2, -0.15) is 0 Å². The van der Waals surface area contributed by atoms with E-state index in [0.29, 0.717) is 0 Å². The Hall–Kier alpha value is -1.32. The molecule has 2 rings (SSSR count). The maximum Gasteiger partial charge on any atom is 0.171 e. The second-order valence-corrected chi connectivity index (χ2v) is 4.30. The summed E-state index contributed by atoms with van der Waals surface area (Å²) in [6, 6.07) is 7.57. The fraction of sp³-hybridized carbons (Fsp3) is 0.308. The number of hydrogen-bond donors (Lipinski definition) is 1. The fourth-order valence-electron chi connectivity index (χ4n) is 1.63. The van der Waals surface area contributed by atoms with E-state index in [1.54, 1.807) is 6.20 Å². The topological polar surface area (TPSA) is 38.1 Å². The van der Waals surface area contributed by atoms with Gasteiger partial charge < -0.3 is 9.84 Å². The van der Waals surface area contributed by atoms with Crippen molar-refractivity contribution < 1.29 is 4.52 Å². The minimum Gasteiger partial charge on any atom is -0.356 e. The summed E-state index contributed by atoms with van der Waals surface area (Å²) in [6.45, 7) is 3.90. The second kappa shape index (κ2) is 5.84. The summed E-state index contributed by atoms with van der Waals surface area (Å²) in [5, 5.41) is 7.91. The van der Waals surface area contributed by atoms with Gasteiger partial charge in [-0.1, -0.05) is 23.7 Å². The smallest absolute Gasteiger partial charge is 0.171 e. The van der Waals surface area contributed by atoms with Crippen LogP contribution in [0.25, 0.3) is 11.3 Å². The number of nitrogens with one attached hydrogen (secondary N) is 1. The molecule has 1 N–H and O–H groups in total. The van der Waals surface area contributed by atoms with Gasteiger partial charge in [0.05, 0.1) is 6.20 Å². The van der Waals surface area contributed by atoms with Gasteiger partial charge in [0.1, 0.15) is 0 Å². The van der Waals surface area contributed by atoms with Crippen LogP contribution in [0.4, 0.5) is 0 Å². The first kappa shape index (κ1) is 12.1. The van der Waals surface area contributed by atoms with Crippen molar-refractivity contribution in [3.05, 3.63) is 41.0 Å². The molecule has 1 heterocycles. The number of nitrogens with zero attached hydrogens (tertiary/aromatic N) is 1. The Kier molecular flexibility index (Phi) is 4.18. The second-order valence-electron chi connectivity index (χ2n) is 3.86. The third-order valence-electron chi connectivity index (χ3n) is 2.49. The SMILES string of the molecule is CCCNCc1cnoc1-c1ccc(Cl)cc1. The van der Waals surface area contributed by atoms with E-state index in [0.717, 1.165) is 41.4 Å². The van der Waals surface area contributed by atoms with Gasteiger partial charge in [-0.15, -0.1) is 0 Å². The normalized spacial score (nSPS) is 10.7. The molecule has 0 fully saturated rings. The van der Waals surface area contributed by atoms with E-state index in [-0.39, 0.29) is 0 Å². The molecule has 2 aromatic rings. The number of rotatable bonds is 5. The first-order valence-corrected chi connectivity index (χ1v) is 6.09. The first-order valence-electron chi connectivity index (χ1n) is 5.71. The van der Waals surface area contributed by atoms with Crippen molar-refractivity contribution in [1.82, 2.24) is 10.5 Å². The Balaban J connectivity index is 2.15. The van der Waals surface area contributed by atoms with Crippen molar-refractivity contribution in [3.8, 4) is 11.3 Å². The minimum absolute atomic E-state index is 0.721. The van der Waals surface area contributed by atoms with E-state index in [2.05, 4.69) is 17.4 Å². The highest BCUT2D eigenvalue weighted by molar-refractivity contribution is 6.30. The highest BCUT2D eigenvalue weighted by Crippen LogP contribution is 2.24. The molecule has 90 valence electrons. The van der Waals surface area contributed by atoms with Gasteiger partial charge in [0.25, 0.3) is 0 Å². The Morgan fingerprint density at radius 1 is 1.29 bits per heavy atom. The lowest BCUT2D eigenvalue weighted by Gasteiger charge is -2.03. The zero-order valence-corrected chi connectivity index (χ0v) is 10.5. The van der Waals surface area contributed by atoms with Gasteiger partial charge in [0.2, 0.25) is 0 Å². The Labute approximate surface area is 106 Å². The van der Waals surface area contributed by atoms with Crippen LogP contribution in [0.2, 0.25) is 5.02 Å². The van der Waals surface area contributed by atoms with Crippen LogP contribution in [-0.4, -0.2) is 11.7 Å². The lowest BCUT2D eigenvalue weighted by molar-refractivity contribution is 0.431. The monoisotopic (exact) mass is 250 g/mol. The van der Waals surface area contributed by atoms with Gasteiger partial charge in [-0.05, 0) is 37.2 Å². The van der Waals surface area contributed by atoms with Gasteiger partial charge in [-0.25, -0.2) is 0 Å². The number of hydrogen-bond acceptors (Lipinski definition) is 3. The first-order chi connectivity index (χ1) is 8.31. The molecule has 0 spiro atoms. The number of benzene rings is 1. The molecule has 0 bridgehead atoms. The number of aromatic nitrogens is 1. The van der Waals surface area contributed by atoms with E-state index >= 15 is 0 Å². The van der Waals surface area contributed by atoms with Crippen LogP contribution in [-0.2, 0) is 6.54 Å². The maximum absolute atomic E-state index is 5.86. The molecule has 1 aromatic carbocycles. The molecular formula is C13H15ClN2O. The molecule has 0 saturated heterocycles. The van der Waals surface area contributed by atoms with Gasteiger partial charge in [0.15, 0.2) is 5.76 Å². The molecule has 0 aliphatic carbocycles. The molecule has 0 atom stereocenters. The highest BCUT2D eigenvalue weighted by Gasteiger charge is 2.09. The molecule has 17 heavy (non-hydrogen) atoms. The third-order valence-corrected chi connectivity index (χ3v) is 2.74. The van der Waals surface area contributed by atoms with Gasteiger partial charge in [0, 0.05) is 22.7 Å². The molecule has 4 heteroatoms. The predicted octanol–water partition coefficient (Wildman–Crippen LogP) is 3.49. The van der Waals surface area contributed by atoms with E-state index in [1.165, 1.54) is 0 Å². The van der Waals surface area contributed by atoms with E-state index in [1.807, 2.05) is 24.3 Å². The van der Waals surface area contributed by atoms with Crippen molar-refractivity contribution >= 4 is 11.6 Å². The van der Waals surface area contributed by atoms with Crippen LogP contribution in [0.3, 0.4) is 0 Å². The molecule has 3 nitrogen and oxygen atoms in total. The molecule has 0 saturated carbocycles. The minimum atomic E-state index is 0.721.